The van der Waals surface area contributed by atoms with E-state index >= 15 is 0 Å². The van der Waals surface area contributed by atoms with Gasteiger partial charge in [0.1, 0.15) is 0 Å². The Morgan fingerprint density at radius 3 is 2.18 bits per heavy atom. The van der Waals surface area contributed by atoms with E-state index in [4.69, 9.17) is 13.3 Å². The smallest absolute Gasteiger partial charge is 0.335 e. The summed E-state index contributed by atoms with van der Waals surface area (Å²) >= 11 is -5.48. The molecule has 0 bridgehead atoms. The number of aromatic carboxylic acids is 1. The topological polar surface area (TPSA) is 187 Å². The number of hydrogen-bond donors (Lipinski definition) is 5. The van der Waals surface area contributed by atoms with E-state index in [1.807, 2.05) is 13.0 Å². The molecule has 0 saturated carbocycles. The summed E-state index contributed by atoms with van der Waals surface area (Å²) in [4.78, 5) is 30.9. The molecule has 2 aromatic rings. The van der Waals surface area contributed by atoms with E-state index in [0.29, 0.717) is 5.56 Å². The second kappa shape index (κ2) is 9.18. The van der Waals surface area contributed by atoms with Gasteiger partial charge in [-0.1, -0.05) is 17.7 Å². The maximum absolute atomic E-state index is 11.0. The molecule has 0 spiro atoms. The molecule has 0 unspecified atom stereocenters. The number of nitro benzene ring substituents is 1. The first-order chi connectivity index (χ1) is 12.8. The molecule has 0 saturated heterocycles. The maximum atomic E-state index is 11.0. The monoisotopic (exact) mass is 456 g/mol. The zero-order valence-electron chi connectivity index (χ0n) is 14.7. The molecule has 1 amide bonds. The summed E-state index contributed by atoms with van der Waals surface area (Å²) in [7, 11) is 0. The number of aryl methyl sites for hydroxylation is 1. The summed E-state index contributed by atoms with van der Waals surface area (Å²) in [5, 5.41) is 30.9. The average molecular weight is 456 g/mol. The molecular formula is C16H17AsN2O9. The molecule has 0 radical (unpaired) electrons. The molecular weight excluding hydrogens is 439 g/mol. The van der Waals surface area contributed by atoms with Crippen molar-refractivity contribution in [2.75, 3.05) is 5.32 Å². The van der Waals surface area contributed by atoms with Gasteiger partial charge in [0.25, 0.3) is 0 Å². The van der Waals surface area contributed by atoms with Gasteiger partial charge in [0.15, 0.2) is 0 Å². The fraction of sp³-hybridized carbons (Fsp3) is 0.125. The van der Waals surface area contributed by atoms with Crippen LogP contribution in [0.1, 0.15) is 22.8 Å². The summed E-state index contributed by atoms with van der Waals surface area (Å²) in [5.74, 6) is -2.63. The van der Waals surface area contributed by atoms with Crippen LogP contribution in [0.3, 0.4) is 0 Å². The fourth-order valence-electron chi connectivity index (χ4n) is 2.06. The van der Waals surface area contributed by atoms with Crippen LogP contribution in [-0.2, 0) is 8.53 Å². The van der Waals surface area contributed by atoms with E-state index in [1.165, 1.54) is 0 Å². The quantitative estimate of drug-likeness (QED) is 0.248. The van der Waals surface area contributed by atoms with Gasteiger partial charge in [-0.05, 0) is 19.1 Å². The molecule has 0 aliphatic carbocycles. The summed E-state index contributed by atoms with van der Waals surface area (Å²) in [6.07, 6.45) is 0. The van der Waals surface area contributed by atoms with Crippen LogP contribution < -0.4 is 9.67 Å². The molecule has 2 rings (SSSR count). The van der Waals surface area contributed by atoms with Gasteiger partial charge in [0.2, 0.25) is 0 Å². The van der Waals surface area contributed by atoms with Gasteiger partial charge in [0.05, 0.1) is 5.56 Å². The third-order valence-corrected chi connectivity index (χ3v) is 5.28. The van der Waals surface area contributed by atoms with Crippen LogP contribution in [0.15, 0.2) is 36.4 Å². The van der Waals surface area contributed by atoms with Crippen molar-refractivity contribution in [2.24, 2.45) is 0 Å². The second-order valence-electron chi connectivity index (χ2n) is 5.49. The van der Waals surface area contributed by atoms with Gasteiger partial charge in [-0.2, -0.15) is 0 Å². The van der Waals surface area contributed by atoms with Crippen molar-refractivity contribution in [2.45, 2.75) is 13.8 Å². The van der Waals surface area contributed by atoms with Crippen molar-refractivity contribution < 1.29 is 36.7 Å². The van der Waals surface area contributed by atoms with Crippen LogP contribution in [0, 0.1) is 17.0 Å². The van der Waals surface area contributed by atoms with Crippen molar-refractivity contribution in [3.05, 3.63) is 57.6 Å². The van der Waals surface area contributed by atoms with Gasteiger partial charge in [-0.25, -0.2) is 4.79 Å². The predicted molar refractivity (Wildman–Crippen MR) is 97.7 cm³/mol. The van der Waals surface area contributed by atoms with Gasteiger partial charge >= 0.3 is 109 Å². The molecule has 12 heteroatoms. The molecule has 0 fully saturated rings. The standard InChI is InChI=1S/C8H9AsN2O7.C8H8O2/c1-4(12)10-6-3-2-5(9(14,15)16)8(13)7(6)11(17)18;1-6-3-2-4-7(5-6)8(9)10/h2-3,13H,1H3,(H,10,12)(H2,14,15,16);2-5H,1H3,(H,9,10). The van der Waals surface area contributed by atoms with Crippen LogP contribution in [0.5, 0.6) is 5.75 Å². The zero-order valence-corrected chi connectivity index (χ0v) is 16.6. The summed E-state index contributed by atoms with van der Waals surface area (Å²) in [6, 6.07) is 8.62. The molecule has 11 nitrogen and oxygen atoms in total. The minimum atomic E-state index is -5.48. The number of nitro groups is 1. The first-order valence-electron chi connectivity index (χ1n) is 7.48. The normalized spacial score (nSPS) is 10.4. The first-order valence-corrected chi connectivity index (χ1v) is 10.9. The largest absolute Gasteiger partial charge is 0.478 e. The number of amides is 1. The minimum absolute atomic E-state index is 0.335. The number of carboxylic acid groups (broad SMARTS) is 1. The summed E-state index contributed by atoms with van der Waals surface area (Å²) in [5.41, 5.74) is 0.0324. The number of phenolic OH excluding ortho intramolecular Hbond substituents is 1. The number of nitrogens with zero attached hydrogens (tertiary/aromatic N) is 1. The van der Waals surface area contributed by atoms with Crippen LogP contribution in [0.4, 0.5) is 11.4 Å². The van der Waals surface area contributed by atoms with Gasteiger partial charge in [0, 0.05) is 0 Å². The Labute approximate surface area is 161 Å². The fourth-order valence-corrected chi connectivity index (χ4v) is 3.42. The third-order valence-electron chi connectivity index (χ3n) is 3.20. The number of hydrogen-bond acceptors (Lipinski definition) is 6. The molecule has 0 aromatic heterocycles. The molecule has 0 atom stereocenters. The number of anilines is 1. The van der Waals surface area contributed by atoms with E-state index in [2.05, 4.69) is 5.32 Å². The molecule has 28 heavy (non-hydrogen) atoms. The van der Waals surface area contributed by atoms with E-state index in [9.17, 15) is 28.5 Å². The van der Waals surface area contributed by atoms with E-state index < -0.39 is 46.8 Å². The Kier molecular flexibility index (Phi) is 7.50. The average Bonchev–Trinajstić information content (AvgIpc) is 2.53. The Balaban J connectivity index is 0.000000330. The number of aromatic hydroxyl groups is 1. The van der Waals surface area contributed by atoms with E-state index in [-0.39, 0.29) is 5.69 Å². The van der Waals surface area contributed by atoms with Crippen molar-refractivity contribution in [3.63, 3.8) is 0 Å². The van der Waals surface area contributed by atoms with Gasteiger partial charge < -0.3 is 5.11 Å². The van der Waals surface area contributed by atoms with Crippen molar-refractivity contribution in [1.82, 2.24) is 0 Å². The maximum Gasteiger partial charge on any atom is 0.335 e. The molecule has 0 aliphatic heterocycles. The molecule has 2 aromatic carbocycles. The van der Waals surface area contributed by atoms with Crippen LogP contribution in [0.25, 0.3) is 0 Å². The van der Waals surface area contributed by atoms with Gasteiger partial charge in [-0.3, -0.25) is 0 Å². The minimum Gasteiger partial charge on any atom is -0.478 e. The second-order valence-corrected chi connectivity index (χ2v) is 8.78. The number of carbonyl (C=O) groups is 2. The number of benzene rings is 2. The van der Waals surface area contributed by atoms with Crippen molar-refractivity contribution in [1.29, 1.82) is 0 Å². The van der Waals surface area contributed by atoms with Gasteiger partial charge in [-0.15, -0.1) is 0 Å². The summed E-state index contributed by atoms with van der Waals surface area (Å²) < 4.78 is 28.1. The zero-order chi connectivity index (χ0) is 21.6. The van der Waals surface area contributed by atoms with Crippen LogP contribution >= 0.6 is 0 Å². The van der Waals surface area contributed by atoms with Crippen LogP contribution in [0.2, 0.25) is 0 Å². The predicted octanol–water partition coefficient (Wildman–Crippen LogP) is 0.513. The molecule has 5 N–H and O–H groups in total. The number of nitrogens with one attached hydrogen (secondary N) is 1. The molecule has 0 heterocycles. The number of rotatable bonds is 4. The Morgan fingerprint density at radius 1 is 1.18 bits per heavy atom. The first kappa shape index (κ1) is 22.9. The van der Waals surface area contributed by atoms with Crippen LogP contribution in [-0.4, -0.2) is 49.4 Å². The Hall–Kier alpha value is -3.14. The van der Waals surface area contributed by atoms with Crippen molar-refractivity contribution >= 4 is 41.8 Å². The number of phenols is 1. The summed E-state index contributed by atoms with van der Waals surface area (Å²) in [6.45, 7) is 2.97. The number of carbonyl (C=O) groups excluding carboxylic acids is 1. The van der Waals surface area contributed by atoms with E-state index in [1.54, 1.807) is 18.2 Å². The third kappa shape index (κ3) is 6.23. The Bertz CT molecular complexity index is 969. The van der Waals surface area contributed by atoms with Crippen molar-refractivity contribution in [3.8, 4) is 5.75 Å². The molecule has 150 valence electrons. The molecule has 0 aliphatic rings. The SMILES string of the molecule is CC(=O)Nc1ccc([As](=O)(O)O)c(O)c1[N+](=O)[O-].Cc1cccc(C(=O)O)c1. The van der Waals surface area contributed by atoms with E-state index in [0.717, 1.165) is 24.6 Å². The Morgan fingerprint density at radius 2 is 1.79 bits per heavy atom. The number of carboxylic acids is 1.